The standard InChI is InChI=1S/C16H13ClNO2S.ClH/c1-20-16(19)15(12-4-2-3-5-13(12)17)18-8-6-14-11(10-18)7-9-21-14;/h2-10,15H,1H3;1H/q+1;/p-1/t15-;/m0./s1. The molecule has 2 aromatic heterocycles. The molecule has 0 saturated carbocycles. The summed E-state index contributed by atoms with van der Waals surface area (Å²) in [6.07, 6.45) is 3.82. The summed E-state index contributed by atoms with van der Waals surface area (Å²) in [5, 5.41) is 3.66. The summed E-state index contributed by atoms with van der Waals surface area (Å²) >= 11 is 7.91. The summed E-state index contributed by atoms with van der Waals surface area (Å²) in [5.74, 6) is -0.345. The maximum absolute atomic E-state index is 12.2. The summed E-state index contributed by atoms with van der Waals surface area (Å²) < 4.78 is 7.96. The number of pyridine rings is 1. The number of carbonyl (C=O) groups is 1. The van der Waals surface area contributed by atoms with Crippen LogP contribution in [0.5, 0.6) is 0 Å². The van der Waals surface area contributed by atoms with Crippen LogP contribution in [0.15, 0.2) is 54.2 Å². The van der Waals surface area contributed by atoms with Gasteiger partial charge in [0.15, 0.2) is 12.4 Å². The molecule has 0 bridgehead atoms. The highest BCUT2D eigenvalue weighted by Gasteiger charge is 2.32. The minimum absolute atomic E-state index is 0. The van der Waals surface area contributed by atoms with Crippen LogP contribution >= 0.6 is 22.9 Å². The molecule has 0 amide bonds. The lowest BCUT2D eigenvalue weighted by atomic mass is 10.1. The Morgan fingerprint density at radius 1 is 1.27 bits per heavy atom. The zero-order valence-corrected chi connectivity index (χ0v) is 14.0. The van der Waals surface area contributed by atoms with Crippen molar-refractivity contribution in [2.24, 2.45) is 0 Å². The Morgan fingerprint density at radius 3 is 2.77 bits per heavy atom. The Hall–Kier alpha value is -1.62. The number of halogens is 2. The summed E-state index contributed by atoms with van der Waals surface area (Å²) in [6, 6.07) is 10.7. The molecule has 0 aliphatic carbocycles. The number of fused-ring (bicyclic) bond motifs is 1. The van der Waals surface area contributed by atoms with E-state index in [-0.39, 0.29) is 18.4 Å². The van der Waals surface area contributed by atoms with Crippen LogP contribution in [0, 0.1) is 0 Å². The molecule has 0 saturated heterocycles. The zero-order valence-electron chi connectivity index (χ0n) is 11.7. The lowest BCUT2D eigenvalue weighted by molar-refractivity contribution is -0.700. The van der Waals surface area contributed by atoms with Gasteiger partial charge in [-0.2, -0.15) is 4.57 Å². The van der Waals surface area contributed by atoms with Crippen molar-refractivity contribution >= 4 is 39.0 Å². The van der Waals surface area contributed by atoms with Crippen LogP contribution in [0.2, 0.25) is 5.02 Å². The molecule has 0 spiro atoms. The van der Waals surface area contributed by atoms with E-state index in [2.05, 4.69) is 0 Å². The maximum Gasteiger partial charge on any atom is 0.380 e. The number of benzene rings is 1. The molecular formula is C16H13Cl2NO2S. The van der Waals surface area contributed by atoms with E-state index in [0.717, 1.165) is 10.9 Å². The van der Waals surface area contributed by atoms with Crippen molar-refractivity contribution in [3.63, 3.8) is 0 Å². The second-order valence-corrected chi connectivity index (χ2v) is 5.93. The highest BCUT2D eigenvalue weighted by Crippen LogP contribution is 2.25. The first kappa shape index (κ1) is 16.7. The average molecular weight is 354 g/mol. The van der Waals surface area contributed by atoms with Gasteiger partial charge in [0.1, 0.15) is 0 Å². The summed E-state index contributed by atoms with van der Waals surface area (Å²) in [5.41, 5.74) is 0.727. The monoisotopic (exact) mass is 353 g/mol. The van der Waals surface area contributed by atoms with Gasteiger partial charge in [0.2, 0.25) is 0 Å². The average Bonchev–Trinajstić information content (AvgIpc) is 2.97. The molecule has 6 heteroatoms. The van der Waals surface area contributed by atoms with E-state index < -0.39 is 6.04 Å². The van der Waals surface area contributed by atoms with Crippen LogP contribution < -0.4 is 17.0 Å². The fourth-order valence-electron chi connectivity index (χ4n) is 2.31. The number of carbonyl (C=O) groups excluding carboxylic acids is 1. The van der Waals surface area contributed by atoms with Crippen molar-refractivity contribution in [3.8, 4) is 0 Å². The summed E-state index contributed by atoms with van der Waals surface area (Å²) in [6.45, 7) is 0. The smallest absolute Gasteiger partial charge is 0.380 e. The topological polar surface area (TPSA) is 30.2 Å². The predicted molar refractivity (Wildman–Crippen MR) is 83.6 cm³/mol. The first-order chi connectivity index (χ1) is 10.2. The molecule has 114 valence electrons. The highest BCUT2D eigenvalue weighted by molar-refractivity contribution is 7.17. The van der Waals surface area contributed by atoms with E-state index in [9.17, 15) is 4.79 Å². The van der Waals surface area contributed by atoms with Gasteiger partial charge in [-0.1, -0.05) is 29.8 Å². The largest absolute Gasteiger partial charge is 1.00 e. The molecule has 0 N–H and O–H groups in total. The molecular weight excluding hydrogens is 341 g/mol. The van der Waals surface area contributed by atoms with Crippen LogP contribution in [0.25, 0.3) is 10.1 Å². The van der Waals surface area contributed by atoms with Gasteiger partial charge in [0.25, 0.3) is 6.04 Å². The minimum Gasteiger partial charge on any atom is -1.00 e. The van der Waals surface area contributed by atoms with Crippen molar-refractivity contribution in [2.75, 3.05) is 7.11 Å². The number of methoxy groups -OCH3 is 1. The Morgan fingerprint density at radius 2 is 2.05 bits per heavy atom. The third-order valence-electron chi connectivity index (χ3n) is 3.34. The fraction of sp³-hybridized carbons (Fsp3) is 0.125. The molecule has 1 aromatic carbocycles. The second kappa shape index (κ2) is 7.09. The summed E-state index contributed by atoms with van der Waals surface area (Å²) in [7, 11) is 1.38. The molecule has 0 aliphatic rings. The van der Waals surface area contributed by atoms with Gasteiger partial charge in [0, 0.05) is 10.8 Å². The Bertz CT molecular complexity index is 803. The van der Waals surface area contributed by atoms with Gasteiger partial charge in [-0.05, 0) is 17.5 Å². The Kier molecular flexibility index (Phi) is 5.40. The molecule has 3 rings (SSSR count). The molecule has 22 heavy (non-hydrogen) atoms. The van der Waals surface area contributed by atoms with Gasteiger partial charge in [-0.3, -0.25) is 0 Å². The van der Waals surface area contributed by atoms with Gasteiger partial charge < -0.3 is 17.1 Å². The van der Waals surface area contributed by atoms with E-state index in [1.54, 1.807) is 17.4 Å². The number of ether oxygens (including phenoxy) is 1. The van der Waals surface area contributed by atoms with E-state index >= 15 is 0 Å². The Labute approximate surface area is 143 Å². The highest BCUT2D eigenvalue weighted by atomic mass is 35.5. The van der Waals surface area contributed by atoms with Crippen molar-refractivity contribution < 1.29 is 26.5 Å². The third-order valence-corrected chi connectivity index (χ3v) is 4.58. The van der Waals surface area contributed by atoms with Crippen molar-refractivity contribution in [2.45, 2.75) is 6.04 Å². The number of hydrogen-bond acceptors (Lipinski definition) is 3. The minimum atomic E-state index is -0.590. The van der Waals surface area contributed by atoms with Gasteiger partial charge in [-0.15, -0.1) is 11.3 Å². The normalized spacial score (nSPS) is 11.7. The van der Waals surface area contributed by atoms with E-state index in [1.807, 2.05) is 52.7 Å². The van der Waals surface area contributed by atoms with E-state index in [0.29, 0.717) is 5.02 Å². The van der Waals surface area contributed by atoms with Crippen LogP contribution in [0.1, 0.15) is 11.6 Å². The van der Waals surface area contributed by atoms with Gasteiger partial charge >= 0.3 is 5.97 Å². The van der Waals surface area contributed by atoms with Crippen LogP contribution in [0.4, 0.5) is 0 Å². The third kappa shape index (κ3) is 3.09. The second-order valence-electron chi connectivity index (χ2n) is 4.58. The van der Waals surface area contributed by atoms with E-state index in [1.165, 1.54) is 11.8 Å². The molecule has 0 unspecified atom stereocenters. The number of hydrogen-bond donors (Lipinski definition) is 0. The number of thiophene rings is 1. The lowest BCUT2D eigenvalue weighted by Gasteiger charge is -2.12. The molecule has 0 radical (unpaired) electrons. The quantitative estimate of drug-likeness (QED) is 0.510. The predicted octanol–water partition coefficient (Wildman–Crippen LogP) is 0.609. The van der Waals surface area contributed by atoms with Crippen LogP contribution in [0.3, 0.4) is 0 Å². The van der Waals surface area contributed by atoms with Gasteiger partial charge in [0.05, 0.1) is 23.1 Å². The number of rotatable bonds is 3. The number of aromatic nitrogens is 1. The van der Waals surface area contributed by atoms with Crippen molar-refractivity contribution in [1.82, 2.24) is 0 Å². The molecule has 2 heterocycles. The maximum atomic E-state index is 12.2. The molecule has 0 fully saturated rings. The van der Waals surface area contributed by atoms with Gasteiger partial charge in [-0.25, -0.2) is 4.79 Å². The summed E-state index contributed by atoms with van der Waals surface area (Å²) in [4.78, 5) is 12.2. The SMILES string of the molecule is COC(=O)[C@H](c1ccccc1Cl)[n+]1ccc2sccc2c1.[Cl-]. The number of esters is 1. The van der Waals surface area contributed by atoms with Crippen molar-refractivity contribution in [3.05, 3.63) is 64.8 Å². The molecule has 3 nitrogen and oxygen atoms in total. The zero-order chi connectivity index (χ0) is 14.8. The molecule has 0 aliphatic heterocycles. The Balaban J connectivity index is 0.00000176. The van der Waals surface area contributed by atoms with E-state index in [4.69, 9.17) is 16.3 Å². The molecule has 3 aromatic rings. The van der Waals surface area contributed by atoms with Crippen molar-refractivity contribution in [1.29, 1.82) is 0 Å². The number of nitrogens with zero attached hydrogens (tertiary/aromatic N) is 1. The first-order valence-electron chi connectivity index (χ1n) is 6.41. The molecule has 1 atom stereocenters. The first-order valence-corrected chi connectivity index (χ1v) is 7.66. The fourth-order valence-corrected chi connectivity index (χ4v) is 3.31. The lowest BCUT2D eigenvalue weighted by Crippen LogP contribution is -3.00. The van der Waals surface area contributed by atoms with Crippen LogP contribution in [-0.2, 0) is 9.53 Å². The van der Waals surface area contributed by atoms with Crippen LogP contribution in [-0.4, -0.2) is 13.1 Å².